The van der Waals surface area contributed by atoms with Gasteiger partial charge in [0.05, 0.1) is 12.7 Å². The van der Waals surface area contributed by atoms with E-state index in [2.05, 4.69) is 6.92 Å². The number of carbonyl (C=O) groups is 1. The van der Waals surface area contributed by atoms with Crippen molar-refractivity contribution in [3.05, 3.63) is 0 Å². The van der Waals surface area contributed by atoms with Crippen LogP contribution >= 0.6 is 0 Å². The van der Waals surface area contributed by atoms with Gasteiger partial charge in [-0.15, -0.1) is 0 Å². The molecule has 0 amide bonds. The normalized spacial score (nSPS) is 28.7. The maximum Gasteiger partial charge on any atom is 0.125 e. The van der Waals surface area contributed by atoms with Crippen LogP contribution in [0.25, 0.3) is 0 Å². The zero-order chi connectivity index (χ0) is 9.52. The van der Waals surface area contributed by atoms with Crippen LogP contribution < -0.4 is 0 Å². The molecule has 0 aromatic heterocycles. The van der Waals surface area contributed by atoms with Crippen molar-refractivity contribution < 1.29 is 9.53 Å². The van der Waals surface area contributed by atoms with Crippen LogP contribution in [0.3, 0.4) is 0 Å². The van der Waals surface area contributed by atoms with Gasteiger partial charge in [0, 0.05) is 5.92 Å². The summed E-state index contributed by atoms with van der Waals surface area (Å²) in [6.45, 7) is 2.87. The lowest BCUT2D eigenvalue weighted by Gasteiger charge is -2.26. The summed E-state index contributed by atoms with van der Waals surface area (Å²) in [5, 5.41) is 0. The van der Waals surface area contributed by atoms with Gasteiger partial charge in [0.2, 0.25) is 0 Å². The van der Waals surface area contributed by atoms with Crippen LogP contribution in [0.2, 0.25) is 0 Å². The Balaban J connectivity index is 2.07. The molecule has 1 saturated heterocycles. The summed E-state index contributed by atoms with van der Waals surface area (Å²) in [4.78, 5) is 10.4. The number of rotatable bonds is 5. The topological polar surface area (TPSA) is 26.3 Å². The summed E-state index contributed by atoms with van der Waals surface area (Å²) < 4.78 is 5.60. The third-order valence-electron chi connectivity index (χ3n) is 2.73. The Labute approximate surface area is 80.7 Å². The average Bonchev–Trinajstić information content (AvgIpc) is 2.19. The summed E-state index contributed by atoms with van der Waals surface area (Å²) in [5.41, 5.74) is 0. The number of unbranched alkanes of at least 4 members (excludes halogenated alkanes) is 2. The second-order valence-electron chi connectivity index (χ2n) is 3.92. The maximum atomic E-state index is 10.4. The van der Waals surface area contributed by atoms with Crippen molar-refractivity contribution in [3.8, 4) is 0 Å². The van der Waals surface area contributed by atoms with E-state index in [4.69, 9.17) is 4.74 Å². The van der Waals surface area contributed by atoms with Gasteiger partial charge >= 0.3 is 0 Å². The third kappa shape index (κ3) is 3.90. The van der Waals surface area contributed by atoms with Gasteiger partial charge in [-0.1, -0.05) is 26.2 Å². The van der Waals surface area contributed by atoms with Crippen LogP contribution in [0.4, 0.5) is 0 Å². The van der Waals surface area contributed by atoms with Crippen molar-refractivity contribution in [2.24, 2.45) is 5.92 Å². The quantitative estimate of drug-likeness (QED) is 0.485. The summed E-state index contributed by atoms with van der Waals surface area (Å²) in [5.74, 6) is 0.169. The molecular weight excluding hydrogens is 164 g/mol. The molecule has 2 atom stereocenters. The minimum atomic E-state index is 0.169. The van der Waals surface area contributed by atoms with Gasteiger partial charge in [-0.2, -0.15) is 0 Å². The van der Waals surface area contributed by atoms with Gasteiger partial charge < -0.3 is 9.53 Å². The number of ether oxygens (including phenoxy) is 1. The molecule has 0 N–H and O–H groups in total. The minimum Gasteiger partial charge on any atom is -0.377 e. The van der Waals surface area contributed by atoms with E-state index in [9.17, 15) is 4.79 Å². The highest BCUT2D eigenvalue weighted by atomic mass is 16.5. The molecule has 2 heteroatoms. The summed E-state index contributed by atoms with van der Waals surface area (Å²) in [6.07, 6.45) is 8.59. The van der Waals surface area contributed by atoms with Gasteiger partial charge in [-0.3, -0.25) is 0 Å². The monoisotopic (exact) mass is 184 g/mol. The van der Waals surface area contributed by atoms with Gasteiger partial charge in [-0.05, 0) is 19.3 Å². The molecule has 1 rings (SSSR count). The van der Waals surface area contributed by atoms with E-state index >= 15 is 0 Å². The first-order valence-electron chi connectivity index (χ1n) is 5.43. The molecule has 1 aliphatic heterocycles. The van der Waals surface area contributed by atoms with Crippen LogP contribution in [0, 0.1) is 5.92 Å². The van der Waals surface area contributed by atoms with E-state index in [-0.39, 0.29) is 5.92 Å². The predicted molar refractivity (Wildman–Crippen MR) is 52.7 cm³/mol. The molecule has 13 heavy (non-hydrogen) atoms. The number of aldehydes is 1. The lowest BCUT2D eigenvalue weighted by molar-refractivity contribution is -0.117. The molecule has 76 valence electrons. The third-order valence-corrected chi connectivity index (χ3v) is 2.73. The Morgan fingerprint density at radius 2 is 2.23 bits per heavy atom. The van der Waals surface area contributed by atoms with Crippen LogP contribution in [0.15, 0.2) is 0 Å². The summed E-state index contributed by atoms with van der Waals surface area (Å²) in [6, 6.07) is 0. The van der Waals surface area contributed by atoms with Crippen molar-refractivity contribution in [1.82, 2.24) is 0 Å². The zero-order valence-electron chi connectivity index (χ0n) is 8.50. The van der Waals surface area contributed by atoms with Crippen molar-refractivity contribution in [2.75, 3.05) is 6.61 Å². The highest BCUT2D eigenvalue weighted by Crippen LogP contribution is 2.21. The summed E-state index contributed by atoms with van der Waals surface area (Å²) >= 11 is 0. The van der Waals surface area contributed by atoms with Crippen molar-refractivity contribution in [2.45, 2.75) is 51.6 Å². The van der Waals surface area contributed by atoms with E-state index in [1.807, 2.05) is 0 Å². The SMILES string of the molecule is CCCCC[C@@H]1CC[C@@H](C=O)CO1. The van der Waals surface area contributed by atoms with Gasteiger partial charge in [0.15, 0.2) is 0 Å². The Morgan fingerprint density at radius 3 is 2.77 bits per heavy atom. The minimum absolute atomic E-state index is 0.169. The van der Waals surface area contributed by atoms with Crippen LogP contribution in [0.1, 0.15) is 45.4 Å². The maximum absolute atomic E-state index is 10.4. The number of carbonyl (C=O) groups excluding carboxylic acids is 1. The zero-order valence-corrected chi connectivity index (χ0v) is 8.50. The van der Waals surface area contributed by atoms with Crippen LogP contribution in [0.5, 0.6) is 0 Å². The molecule has 1 aliphatic rings. The fourth-order valence-corrected chi connectivity index (χ4v) is 1.78. The smallest absolute Gasteiger partial charge is 0.125 e. The molecule has 0 spiro atoms. The van der Waals surface area contributed by atoms with E-state index in [1.54, 1.807) is 0 Å². The standard InChI is InChI=1S/C11H20O2/c1-2-3-4-5-11-7-6-10(8-12)9-13-11/h8,10-11H,2-7,9H2,1H3/t10-,11+/m0/s1. The first-order chi connectivity index (χ1) is 6.36. The molecule has 0 radical (unpaired) electrons. The lowest BCUT2D eigenvalue weighted by atomic mass is 9.97. The second kappa shape index (κ2) is 6.14. The van der Waals surface area contributed by atoms with Crippen LogP contribution in [-0.2, 0) is 9.53 Å². The van der Waals surface area contributed by atoms with Crippen molar-refractivity contribution in [3.63, 3.8) is 0 Å². The average molecular weight is 184 g/mol. The van der Waals surface area contributed by atoms with E-state index in [0.29, 0.717) is 12.7 Å². The second-order valence-corrected chi connectivity index (χ2v) is 3.92. The fraction of sp³-hybridized carbons (Fsp3) is 0.909. The molecule has 0 aromatic rings. The molecule has 0 unspecified atom stereocenters. The lowest BCUT2D eigenvalue weighted by Crippen LogP contribution is -2.26. The predicted octanol–water partition coefficient (Wildman–Crippen LogP) is 2.56. The van der Waals surface area contributed by atoms with E-state index < -0.39 is 0 Å². The Bertz CT molecular complexity index is 137. The first kappa shape index (κ1) is 10.7. The Kier molecular flexibility index (Phi) is 5.06. The van der Waals surface area contributed by atoms with Crippen molar-refractivity contribution in [1.29, 1.82) is 0 Å². The largest absolute Gasteiger partial charge is 0.377 e. The Morgan fingerprint density at radius 1 is 1.38 bits per heavy atom. The van der Waals surface area contributed by atoms with Crippen molar-refractivity contribution >= 4 is 6.29 Å². The number of hydrogen-bond donors (Lipinski definition) is 0. The number of hydrogen-bond acceptors (Lipinski definition) is 2. The van der Waals surface area contributed by atoms with Crippen LogP contribution in [-0.4, -0.2) is 19.0 Å². The highest BCUT2D eigenvalue weighted by Gasteiger charge is 2.20. The van der Waals surface area contributed by atoms with E-state index in [1.165, 1.54) is 25.7 Å². The molecular formula is C11H20O2. The fourth-order valence-electron chi connectivity index (χ4n) is 1.78. The molecule has 0 aliphatic carbocycles. The molecule has 1 heterocycles. The molecule has 0 bridgehead atoms. The first-order valence-corrected chi connectivity index (χ1v) is 5.43. The highest BCUT2D eigenvalue weighted by molar-refractivity contribution is 5.53. The van der Waals surface area contributed by atoms with Gasteiger partial charge in [-0.25, -0.2) is 0 Å². The van der Waals surface area contributed by atoms with E-state index in [0.717, 1.165) is 19.1 Å². The Hall–Kier alpha value is -0.370. The molecule has 2 nitrogen and oxygen atoms in total. The molecule has 0 saturated carbocycles. The van der Waals surface area contributed by atoms with Gasteiger partial charge in [0.25, 0.3) is 0 Å². The van der Waals surface area contributed by atoms with Gasteiger partial charge in [0.1, 0.15) is 6.29 Å². The summed E-state index contributed by atoms with van der Waals surface area (Å²) in [7, 11) is 0. The molecule has 0 aromatic carbocycles. The molecule has 1 fully saturated rings.